The topological polar surface area (TPSA) is 58.9 Å². The van der Waals surface area contributed by atoms with E-state index in [2.05, 4.69) is 60.8 Å². The number of halogens is 1. The lowest BCUT2D eigenvalue weighted by Gasteiger charge is -2.12. The van der Waals surface area contributed by atoms with Crippen molar-refractivity contribution >= 4 is 18.3 Å². The van der Waals surface area contributed by atoms with Gasteiger partial charge in [0.15, 0.2) is 5.69 Å². The molecule has 1 atom stereocenters. The second-order valence-electron chi connectivity index (χ2n) is 6.54. The molecule has 1 aromatic heterocycles. The first-order valence-electron chi connectivity index (χ1n) is 8.79. The number of nitrogens with one attached hydrogen (secondary N) is 2. The maximum Gasteiger partial charge on any atom is 0.272 e. The smallest absolute Gasteiger partial charge is 0.272 e. The number of nitrogens with zero attached hydrogens (tertiary/aromatic N) is 2. The Kier molecular flexibility index (Phi) is 6.62. The second-order valence-corrected chi connectivity index (χ2v) is 6.54. The van der Waals surface area contributed by atoms with E-state index in [0.717, 1.165) is 37.1 Å². The van der Waals surface area contributed by atoms with E-state index in [0.29, 0.717) is 12.2 Å². The van der Waals surface area contributed by atoms with E-state index < -0.39 is 0 Å². The zero-order chi connectivity index (χ0) is 17.1. The van der Waals surface area contributed by atoms with Crippen LogP contribution in [0.5, 0.6) is 0 Å². The fourth-order valence-corrected chi connectivity index (χ4v) is 3.27. The van der Waals surface area contributed by atoms with Crippen molar-refractivity contribution in [2.75, 3.05) is 13.1 Å². The molecular formula is C19H27ClN4O. The highest BCUT2D eigenvalue weighted by Gasteiger charge is 2.26. The lowest BCUT2D eigenvalue weighted by Crippen LogP contribution is -2.39. The highest BCUT2D eigenvalue weighted by molar-refractivity contribution is 5.94. The van der Waals surface area contributed by atoms with Crippen LogP contribution >= 0.6 is 12.4 Å². The van der Waals surface area contributed by atoms with E-state index in [9.17, 15) is 4.79 Å². The molecule has 5 nitrogen and oxygen atoms in total. The Bertz CT molecular complexity index is 724. The maximum atomic E-state index is 12.6. The van der Waals surface area contributed by atoms with Crippen LogP contribution in [0.2, 0.25) is 0 Å². The first-order valence-corrected chi connectivity index (χ1v) is 8.79. The van der Waals surface area contributed by atoms with Crippen LogP contribution < -0.4 is 10.6 Å². The Hall–Kier alpha value is -1.85. The van der Waals surface area contributed by atoms with Crippen molar-refractivity contribution in [1.29, 1.82) is 0 Å². The molecule has 6 heteroatoms. The van der Waals surface area contributed by atoms with Gasteiger partial charge in [-0.1, -0.05) is 24.6 Å². The summed E-state index contributed by atoms with van der Waals surface area (Å²) >= 11 is 0. The number of fused-ring (bicyclic) bond motifs is 1. The molecule has 0 saturated carbocycles. The SMILES string of the molecule is CCN[C@H](C)CNC(=O)c1nn(-c2ccc(C)cc2)c2c1CCC2.Cl. The summed E-state index contributed by atoms with van der Waals surface area (Å²) in [6.07, 6.45) is 3.01. The number of carbonyl (C=O) groups excluding carboxylic acids is 1. The monoisotopic (exact) mass is 362 g/mol. The van der Waals surface area contributed by atoms with Gasteiger partial charge in [0.2, 0.25) is 0 Å². The zero-order valence-electron chi connectivity index (χ0n) is 15.1. The molecule has 25 heavy (non-hydrogen) atoms. The van der Waals surface area contributed by atoms with Gasteiger partial charge in [-0.25, -0.2) is 4.68 Å². The average molecular weight is 363 g/mol. The van der Waals surface area contributed by atoms with E-state index in [4.69, 9.17) is 0 Å². The number of likely N-dealkylation sites (N-methyl/N-ethyl adjacent to an activating group) is 1. The van der Waals surface area contributed by atoms with E-state index >= 15 is 0 Å². The maximum absolute atomic E-state index is 12.6. The van der Waals surface area contributed by atoms with Gasteiger partial charge >= 0.3 is 0 Å². The molecule has 136 valence electrons. The van der Waals surface area contributed by atoms with Crippen LogP contribution in [0.25, 0.3) is 5.69 Å². The molecule has 0 aliphatic heterocycles. The molecule has 1 aliphatic rings. The minimum absolute atomic E-state index is 0. The molecule has 0 bridgehead atoms. The first-order chi connectivity index (χ1) is 11.6. The molecule has 3 rings (SSSR count). The van der Waals surface area contributed by atoms with Crippen molar-refractivity contribution in [3.63, 3.8) is 0 Å². The third kappa shape index (κ3) is 4.22. The summed E-state index contributed by atoms with van der Waals surface area (Å²) in [5.41, 5.74) is 5.14. The summed E-state index contributed by atoms with van der Waals surface area (Å²) in [7, 11) is 0. The molecule has 0 spiro atoms. The van der Waals surface area contributed by atoms with Crippen molar-refractivity contribution in [3.8, 4) is 5.69 Å². The summed E-state index contributed by atoms with van der Waals surface area (Å²) < 4.78 is 1.95. The first kappa shape index (κ1) is 19.5. The number of aromatic nitrogens is 2. The summed E-state index contributed by atoms with van der Waals surface area (Å²) in [6.45, 7) is 7.71. The molecule has 0 saturated heterocycles. The lowest BCUT2D eigenvalue weighted by molar-refractivity contribution is 0.0944. The molecular weight excluding hydrogens is 336 g/mol. The van der Waals surface area contributed by atoms with Crippen molar-refractivity contribution in [2.24, 2.45) is 0 Å². The largest absolute Gasteiger partial charge is 0.349 e. The molecule has 2 aromatic rings. The van der Waals surface area contributed by atoms with Crippen LogP contribution in [0.15, 0.2) is 24.3 Å². The van der Waals surface area contributed by atoms with Gasteiger partial charge in [0, 0.05) is 23.8 Å². The number of hydrogen-bond acceptors (Lipinski definition) is 3. The predicted octanol–water partition coefficient (Wildman–Crippen LogP) is 2.82. The standard InChI is InChI=1S/C19H26N4O.ClH/c1-4-20-14(3)12-21-19(24)18-16-6-5-7-17(16)23(22-18)15-10-8-13(2)9-11-15;/h8-11,14,20H,4-7,12H2,1-3H3,(H,21,24);1H/t14-;/m1./s1. The third-order valence-electron chi connectivity index (χ3n) is 4.55. The fraction of sp³-hybridized carbons (Fsp3) is 0.474. The van der Waals surface area contributed by atoms with Gasteiger partial charge < -0.3 is 10.6 Å². The Morgan fingerprint density at radius 2 is 2.00 bits per heavy atom. The van der Waals surface area contributed by atoms with Crippen molar-refractivity contribution in [1.82, 2.24) is 20.4 Å². The van der Waals surface area contributed by atoms with E-state index in [1.54, 1.807) is 0 Å². The average Bonchev–Trinajstić information content (AvgIpc) is 3.16. The van der Waals surface area contributed by atoms with Gasteiger partial charge in [0.1, 0.15) is 0 Å². The number of carbonyl (C=O) groups is 1. The lowest BCUT2D eigenvalue weighted by atomic mass is 10.2. The van der Waals surface area contributed by atoms with Gasteiger partial charge in [-0.05, 0) is 51.8 Å². The quantitative estimate of drug-likeness (QED) is 0.830. The van der Waals surface area contributed by atoms with Gasteiger partial charge in [-0.15, -0.1) is 12.4 Å². The Morgan fingerprint density at radius 3 is 2.68 bits per heavy atom. The van der Waals surface area contributed by atoms with Crippen LogP contribution in [-0.2, 0) is 12.8 Å². The van der Waals surface area contributed by atoms with Crippen molar-refractivity contribution in [3.05, 3.63) is 46.8 Å². The molecule has 2 N–H and O–H groups in total. The summed E-state index contributed by atoms with van der Waals surface area (Å²) in [4.78, 5) is 12.6. The number of amides is 1. The molecule has 1 amide bonds. The normalized spacial score (nSPS) is 13.9. The third-order valence-corrected chi connectivity index (χ3v) is 4.55. The molecule has 0 radical (unpaired) electrons. The minimum atomic E-state index is -0.0660. The fourth-order valence-electron chi connectivity index (χ4n) is 3.27. The predicted molar refractivity (Wildman–Crippen MR) is 103 cm³/mol. The molecule has 1 aromatic carbocycles. The molecule has 0 unspecified atom stereocenters. The highest BCUT2D eigenvalue weighted by Crippen LogP contribution is 2.27. The van der Waals surface area contributed by atoms with Crippen molar-refractivity contribution in [2.45, 2.75) is 46.1 Å². The summed E-state index contributed by atoms with van der Waals surface area (Å²) in [6, 6.07) is 8.55. The van der Waals surface area contributed by atoms with Gasteiger partial charge in [0.25, 0.3) is 5.91 Å². The summed E-state index contributed by atoms with van der Waals surface area (Å²) in [5.74, 6) is -0.0660. The zero-order valence-corrected chi connectivity index (χ0v) is 15.9. The van der Waals surface area contributed by atoms with Crippen LogP contribution in [0, 0.1) is 6.92 Å². The molecule has 1 heterocycles. The Balaban J connectivity index is 0.00000225. The van der Waals surface area contributed by atoms with E-state index in [-0.39, 0.29) is 24.4 Å². The van der Waals surface area contributed by atoms with Gasteiger partial charge in [-0.2, -0.15) is 5.10 Å². The van der Waals surface area contributed by atoms with Crippen LogP contribution in [0.4, 0.5) is 0 Å². The highest BCUT2D eigenvalue weighted by atomic mass is 35.5. The minimum Gasteiger partial charge on any atom is -0.349 e. The van der Waals surface area contributed by atoms with Crippen LogP contribution in [0.1, 0.15) is 47.6 Å². The van der Waals surface area contributed by atoms with Crippen molar-refractivity contribution < 1.29 is 4.79 Å². The van der Waals surface area contributed by atoms with Gasteiger partial charge in [-0.3, -0.25) is 4.79 Å². The van der Waals surface area contributed by atoms with E-state index in [1.165, 1.54) is 11.3 Å². The number of hydrogen-bond donors (Lipinski definition) is 2. The number of rotatable bonds is 6. The molecule has 0 fully saturated rings. The molecule has 1 aliphatic carbocycles. The second kappa shape index (κ2) is 8.50. The number of benzene rings is 1. The van der Waals surface area contributed by atoms with Crippen LogP contribution in [0.3, 0.4) is 0 Å². The Labute approximate surface area is 155 Å². The summed E-state index contributed by atoms with van der Waals surface area (Å²) in [5, 5.41) is 11.0. The Morgan fingerprint density at radius 1 is 1.28 bits per heavy atom. The number of aryl methyl sites for hydroxylation is 1. The van der Waals surface area contributed by atoms with Crippen LogP contribution in [-0.4, -0.2) is 34.8 Å². The van der Waals surface area contributed by atoms with E-state index in [1.807, 2.05) is 4.68 Å². The van der Waals surface area contributed by atoms with Gasteiger partial charge in [0.05, 0.1) is 5.69 Å².